The number of halogens is 1. The number of aliphatic hydroxyl groups is 1. The normalized spacial score (nSPS) is 25.1. The maximum absolute atomic E-state index is 15.1. The molecule has 0 amide bonds. The first-order chi connectivity index (χ1) is 16.2. The fraction of sp³-hybridized carbons (Fsp3) is 0.333. The predicted molar refractivity (Wildman–Crippen MR) is 122 cm³/mol. The molecule has 0 saturated carbocycles. The minimum absolute atomic E-state index is 0.128. The molecule has 33 heavy (non-hydrogen) atoms. The van der Waals surface area contributed by atoms with Crippen LogP contribution in [0.5, 0.6) is 0 Å². The SMILES string of the molecule is O[C@H]1O[C@H](COCc2ccccc2)[C@@H](OCc2ccccc2)[C@H](OCc2ccccc2)[C@H]1F. The summed E-state index contributed by atoms with van der Waals surface area (Å²) >= 11 is 0. The molecule has 4 rings (SSSR count). The minimum Gasteiger partial charge on any atom is -0.374 e. The minimum atomic E-state index is -1.75. The molecule has 1 fully saturated rings. The van der Waals surface area contributed by atoms with Crippen LogP contribution in [0, 0.1) is 0 Å². The molecule has 1 aliphatic heterocycles. The van der Waals surface area contributed by atoms with Crippen LogP contribution in [0.2, 0.25) is 0 Å². The lowest BCUT2D eigenvalue weighted by molar-refractivity contribution is -0.293. The van der Waals surface area contributed by atoms with Crippen LogP contribution in [0.1, 0.15) is 16.7 Å². The number of aliphatic hydroxyl groups excluding tert-OH is 1. The van der Waals surface area contributed by atoms with Crippen molar-refractivity contribution in [1.29, 1.82) is 0 Å². The van der Waals surface area contributed by atoms with Gasteiger partial charge in [-0.25, -0.2) is 4.39 Å². The molecule has 5 atom stereocenters. The van der Waals surface area contributed by atoms with Gasteiger partial charge in [0.1, 0.15) is 18.3 Å². The highest BCUT2D eigenvalue weighted by Crippen LogP contribution is 2.29. The van der Waals surface area contributed by atoms with Gasteiger partial charge in [-0.2, -0.15) is 0 Å². The zero-order chi connectivity index (χ0) is 22.9. The average Bonchev–Trinajstić information content (AvgIpc) is 2.86. The molecule has 0 aromatic heterocycles. The molecule has 6 heteroatoms. The lowest BCUT2D eigenvalue weighted by atomic mass is 9.99. The number of hydrogen-bond acceptors (Lipinski definition) is 5. The Morgan fingerprint density at radius 3 is 1.64 bits per heavy atom. The van der Waals surface area contributed by atoms with Crippen molar-refractivity contribution in [2.24, 2.45) is 0 Å². The highest BCUT2D eigenvalue weighted by molar-refractivity contribution is 5.15. The summed E-state index contributed by atoms with van der Waals surface area (Å²) in [6.07, 6.45) is -5.83. The van der Waals surface area contributed by atoms with E-state index in [0.29, 0.717) is 6.61 Å². The molecule has 0 bridgehead atoms. The molecule has 1 aliphatic rings. The Hall–Kier alpha value is -2.61. The summed E-state index contributed by atoms with van der Waals surface area (Å²) in [6, 6.07) is 28.9. The highest BCUT2D eigenvalue weighted by atomic mass is 19.1. The van der Waals surface area contributed by atoms with Crippen LogP contribution in [0.25, 0.3) is 0 Å². The van der Waals surface area contributed by atoms with Gasteiger partial charge < -0.3 is 24.1 Å². The number of benzene rings is 3. The largest absolute Gasteiger partial charge is 0.374 e. The van der Waals surface area contributed by atoms with Gasteiger partial charge in [0.25, 0.3) is 0 Å². The van der Waals surface area contributed by atoms with Crippen molar-refractivity contribution in [3.63, 3.8) is 0 Å². The Morgan fingerprint density at radius 1 is 0.667 bits per heavy atom. The molecule has 0 aliphatic carbocycles. The molecule has 1 saturated heterocycles. The fourth-order valence-corrected chi connectivity index (χ4v) is 3.81. The molecule has 0 unspecified atom stereocenters. The van der Waals surface area contributed by atoms with Crippen LogP contribution >= 0.6 is 0 Å². The monoisotopic (exact) mass is 452 g/mol. The predicted octanol–water partition coefficient (Wildman–Crippen LogP) is 4.43. The lowest BCUT2D eigenvalue weighted by Crippen LogP contribution is -2.59. The third-order valence-corrected chi connectivity index (χ3v) is 5.55. The van der Waals surface area contributed by atoms with Crippen molar-refractivity contribution in [2.75, 3.05) is 6.61 Å². The first-order valence-corrected chi connectivity index (χ1v) is 11.1. The smallest absolute Gasteiger partial charge is 0.189 e. The van der Waals surface area contributed by atoms with Gasteiger partial charge >= 0.3 is 0 Å². The molecule has 1 heterocycles. The van der Waals surface area contributed by atoms with Crippen molar-refractivity contribution in [3.05, 3.63) is 108 Å². The van der Waals surface area contributed by atoms with E-state index in [1.807, 2.05) is 91.0 Å². The number of alkyl halides is 1. The maximum Gasteiger partial charge on any atom is 0.189 e. The van der Waals surface area contributed by atoms with Gasteiger partial charge in [-0.1, -0.05) is 91.0 Å². The Kier molecular flexibility index (Phi) is 8.58. The van der Waals surface area contributed by atoms with E-state index in [0.717, 1.165) is 16.7 Å². The summed E-state index contributed by atoms with van der Waals surface area (Å²) in [5, 5.41) is 10.2. The van der Waals surface area contributed by atoms with Gasteiger partial charge in [-0.3, -0.25) is 0 Å². The van der Waals surface area contributed by atoms with Crippen molar-refractivity contribution in [2.45, 2.75) is 50.6 Å². The third kappa shape index (κ3) is 6.69. The second kappa shape index (κ2) is 12.0. The highest BCUT2D eigenvalue weighted by Gasteiger charge is 2.47. The molecule has 5 nitrogen and oxygen atoms in total. The molecular weight excluding hydrogens is 423 g/mol. The number of rotatable bonds is 10. The summed E-state index contributed by atoms with van der Waals surface area (Å²) in [5.41, 5.74) is 2.87. The van der Waals surface area contributed by atoms with Gasteiger partial charge in [0.2, 0.25) is 0 Å². The van der Waals surface area contributed by atoms with Crippen LogP contribution in [0.15, 0.2) is 91.0 Å². The molecule has 3 aromatic rings. The van der Waals surface area contributed by atoms with Gasteiger partial charge in [0, 0.05) is 0 Å². The van der Waals surface area contributed by atoms with E-state index >= 15 is 4.39 Å². The number of hydrogen-bond donors (Lipinski definition) is 1. The second-order valence-corrected chi connectivity index (χ2v) is 8.03. The van der Waals surface area contributed by atoms with Crippen LogP contribution in [0.4, 0.5) is 4.39 Å². The van der Waals surface area contributed by atoms with Gasteiger partial charge in [0.15, 0.2) is 12.5 Å². The van der Waals surface area contributed by atoms with Gasteiger partial charge in [-0.05, 0) is 16.7 Å². The fourth-order valence-electron chi connectivity index (χ4n) is 3.81. The van der Waals surface area contributed by atoms with Gasteiger partial charge in [-0.15, -0.1) is 0 Å². The summed E-state index contributed by atoms with van der Waals surface area (Å²) in [4.78, 5) is 0. The topological polar surface area (TPSA) is 57.2 Å². The van der Waals surface area contributed by atoms with E-state index in [1.165, 1.54) is 0 Å². The molecule has 0 radical (unpaired) electrons. The third-order valence-electron chi connectivity index (χ3n) is 5.55. The quantitative estimate of drug-likeness (QED) is 0.493. The van der Waals surface area contributed by atoms with E-state index < -0.39 is 30.8 Å². The van der Waals surface area contributed by atoms with Crippen LogP contribution in [-0.4, -0.2) is 42.5 Å². The Balaban J connectivity index is 1.46. The van der Waals surface area contributed by atoms with Crippen molar-refractivity contribution in [1.82, 2.24) is 0 Å². The van der Waals surface area contributed by atoms with E-state index in [2.05, 4.69) is 0 Å². The van der Waals surface area contributed by atoms with Crippen LogP contribution < -0.4 is 0 Å². The molecule has 174 valence electrons. The molecular formula is C27H29FO5. The average molecular weight is 453 g/mol. The van der Waals surface area contributed by atoms with Crippen molar-refractivity contribution < 1.29 is 28.4 Å². The first kappa shape index (κ1) is 23.5. The summed E-state index contributed by atoms with van der Waals surface area (Å²) in [6.45, 7) is 0.958. The summed E-state index contributed by atoms with van der Waals surface area (Å²) in [5.74, 6) is 0. The Morgan fingerprint density at radius 2 is 1.12 bits per heavy atom. The summed E-state index contributed by atoms with van der Waals surface area (Å²) < 4.78 is 38.5. The standard InChI is InChI=1S/C27H29FO5/c28-24-26(32-18-22-14-8-3-9-15-22)25(31-17-21-12-6-2-7-13-21)23(33-27(24)29)19-30-16-20-10-4-1-5-11-20/h1-15,23-27,29H,16-19H2/t23-,24-,25-,26-,27+/m1/s1. The van der Waals surface area contributed by atoms with Crippen molar-refractivity contribution >= 4 is 0 Å². The van der Waals surface area contributed by atoms with E-state index in [9.17, 15) is 5.11 Å². The van der Waals surface area contributed by atoms with Crippen molar-refractivity contribution in [3.8, 4) is 0 Å². The van der Waals surface area contributed by atoms with E-state index in [1.54, 1.807) is 0 Å². The zero-order valence-electron chi connectivity index (χ0n) is 18.3. The Labute approximate surface area is 193 Å². The zero-order valence-corrected chi connectivity index (χ0v) is 18.3. The maximum atomic E-state index is 15.1. The van der Waals surface area contributed by atoms with E-state index in [-0.39, 0.29) is 19.8 Å². The van der Waals surface area contributed by atoms with Crippen LogP contribution in [0.3, 0.4) is 0 Å². The molecule has 0 spiro atoms. The number of ether oxygens (including phenoxy) is 4. The second-order valence-electron chi connectivity index (χ2n) is 8.03. The van der Waals surface area contributed by atoms with E-state index in [4.69, 9.17) is 18.9 Å². The lowest BCUT2D eigenvalue weighted by Gasteiger charge is -2.41. The molecule has 1 N–H and O–H groups in total. The summed E-state index contributed by atoms with van der Waals surface area (Å²) in [7, 11) is 0. The Bertz CT molecular complexity index is 941. The molecule has 3 aromatic carbocycles. The van der Waals surface area contributed by atoms with Crippen LogP contribution in [-0.2, 0) is 38.8 Å². The first-order valence-electron chi connectivity index (χ1n) is 11.1. The van der Waals surface area contributed by atoms with Gasteiger partial charge in [0.05, 0.1) is 26.4 Å².